The Morgan fingerprint density at radius 2 is 2.14 bits per heavy atom. The van der Waals surface area contributed by atoms with Crippen LogP contribution in [0.5, 0.6) is 0 Å². The number of nitrogens with two attached hydrogens (primary N) is 1. The van der Waals surface area contributed by atoms with Crippen molar-refractivity contribution in [3.8, 4) is 0 Å². The molecule has 3 nitrogen and oxygen atoms in total. The summed E-state index contributed by atoms with van der Waals surface area (Å²) in [6, 6.07) is 0. The van der Waals surface area contributed by atoms with E-state index in [1.54, 1.807) is 0 Å². The highest BCUT2D eigenvalue weighted by atomic mass is 16.2. The molecular formula is C11H20N2O. The number of carbonyl (C=O) groups excluding carboxylic acids is 1. The van der Waals surface area contributed by atoms with Gasteiger partial charge in [-0.05, 0) is 25.2 Å². The van der Waals surface area contributed by atoms with Gasteiger partial charge in [0.25, 0.3) is 0 Å². The fraction of sp³-hybridized carbons (Fsp3) is 0.909. The maximum atomic E-state index is 11.8. The first kappa shape index (κ1) is 9.97. The smallest absolute Gasteiger partial charge is 0.225 e. The lowest BCUT2D eigenvalue weighted by Gasteiger charge is -2.49. The Labute approximate surface area is 85.6 Å². The van der Waals surface area contributed by atoms with Crippen LogP contribution in [0.25, 0.3) is 0 Å². The monoisotopic (exact) mass is 196 g/mol. The summed E-state index contributed by atoms with van der Waals surface area (Å²) < 4.78 is 0. The normalized spacial score (nSPS) is 26.9. The van der Waals surface area contributed by atoms with Crippen LogP contribution in [0, 0.1) is 11.8 Å². The van der Waals surface area contributed by atoms with Crippen molar-refractivity contribution in [3.05, 3.63) is 0 Å². The van der Waals surface area contributed by atoms with E-state index < -0.39 is 0 Å². The first-order valence-corrected chi connectivity index (χ1v) is 5.64. The molecule has 2 N–H and O–H groups in total. The predicted molar refractivity (Wildman–Crippen MR) is 55.7 cm³/mol. The van der Waals surface area contributed by atoms with Crippen LogP contribution >= 0.6 is 0 Å². The van der Waals surface area contributed by atoms with Crippen molar-refractivity contribution in [1.29, 1.82) is 0 Å². The molecule has 14 heavy (non-hydrogen) atoms. The van der Waals surface area contributed by atoms with Gasteiger partial charge < -0.3 is 10.6 Å². The Morgan fingerprint density at radius 3 is 2.57 bits per heavy atom. The molecule has 0 spiro atoms. The van der Waals surface area contributed by atoms with Crippen molar-refractivity contribution in [2.75, 3.05) is 13.1 Å². The Kier molecular flexibility index (Phi) is 2.30. The highest BCUT2D eigenvalue weighted by Gasteiger charge is 2.51. The van der Waals surface area contributed by atoms with Crippen LogP contribution < -0.4 is 5.73 Å². The van der Waals surface area contributed by atoms with Crippen molar-refractivity contribution in [2.24, 2.45) is 17.6 Å². The summed E-state index contributed by atoms with van der Waals surface area (Å²) in [5.41, 5.74) is 6.16. The lowest BCUT2D eigenvalue weighted by Crippen LogP contribution is -2.70. The summed E-state index contributed by atoms with van der Waals surface area (Å²) in [5.74, 6) is 1.15. The number of amides is 1. The van der Waals surface area contributed by atoms with E-state index in [2.05, 4.69) is 6.92 Å². The molecule has 1 atom stereocenters. The molecule has 1 aliphatic heterocycles. The fourth-order valence-corrected chi connectivity index (χ4v) is 2.22. The number of hydrogen-bond donors (Lipinski definition) is 1. The SMILES string of the molecule is CCC(C)C(=O)N1CC(N)(C2CC2)C1. The third-order valence-corrected chi connectivity index (χ3v) is 3.71. The first-order chi connectivity index (χ1) is 6.57. The summed E-state index contributed by atoms with van der Waals surface area (Å²) in [6.45, 7) is 5.64. The summed E-state index contributed by atoms with van der Waals surface area (Å²) in [7, 11) is 0. The van der Waals surface area contributed by atoms with E-state index in [-0.39, 0.29) is 17.4 Å². The van der Waals surface area contributed by atoms with Gasteiger partial charge in [-0.1, -0.05) is 13.8 Å². The average molecular weight is 196 g/mol. The van der Waals surface area contributed by atoms with Gasteiger partial charge in [0.15, 0.2) is 0 Å². The maximum absolute atomic E-state index is 11.8. The van der Waals surface area contributed by atoms with Crippen LogP contribution in [0.15, 0.2) is 0 Å². The van der Waals surface area contributed by atoms with E-state index in [0.717, 1.165) is 19.5 Å². The van der Waals surface area contributed by atoms with Crippen LogP contribution in [0.2, 0.25) is 0 Å². The molecule has 0 radical (unpaired) electrons. The predicted octanol–water partition coefficient (Wildman–Crippen LogP) is 0.982. The van der Waals surface area contributed by atoms with Crippen LogP contribution in [-0.4, -0.2) is 29.4 Å². The van der Waals surface area contributed by atoms with Gasteiger partial charge in [0, 0.05) is 19.0 Å². The van der Waals surface area contributed by atoms with Gasteiger partial charge in [0.2, 0.25) is 5.91 Å². The molecule has 1 aliphatic carbocycles. The minimum atomic E-state index is -0.0247. The van der Waals surface area contributed by atoms with Gasteiger partial charge in [-0.15, -0.1) is 0 Å². The molecule has 0 aromatic heterocycles. The second-order valence-electron chi connectivity index (χ2n) is 5.01. The van der Waals surface area contributed by atoms with Crippen LogP contribution in [-0.2, 0) is 4.79 Å². The second-order valence-corrected chi connectivity index (χ2v) is 5.01. The molecule has 1 saturated carbocycles. The molecule has 1 saturated heterocycles. The minimum absolute atomic E-state index is 0.0247. The van der Waals surface area contributed by atoms with Gasteiger partial charge in [0.05, 0.1) is 5.54 Å². The van der Waals surface area contributed by atoms with Crippen LogP contribution in [0.3, 0.4) is 0 Å². The van der Waals surface area contributed by atoms with Crippen molar-refractivity contribution in [1.82, 2.24) is 4.90 Å². The lowest BCUT2D eigenvalue weighted by molar-refractivity contribution is -0.143. The molecule has 0 aromatic rings. The Hall–Kier alpha value is -0.570. The molecule has 2 fully saturated rings. The zero-order valence-electron chi connectivity index (χ0n) is 9.12. The molecule has 1 unspecified atom stereocenters. The Morgan fingerprint density at radius 1 is 1.57 bits per heavy atom. The fourth-order valence-electron chi connectivity index (χ4n) is 2.22. The number of likely N-dealkylation sites (tertiary alicyclic amines) is 1. The number of nitrogens with zero attached hydrogens (tertiary/aromatic N) is 1. The second kappa shape index (κ2) is 3.23. The van der Waals surface area contributed by atoms with E-state index in [4.69, 9.17) is 5.73 Å². The largest absolute Gasteiger partial charge is 0.339 e. The molecular weight excluding hydrogens is 176 g/mol. The topological polar surface area (TPSA) is 46.3 Å². The van der Waals surface area contributed by atoms with Gasteiger partial charge in [-0.2, -0.15) is 0 Å². The van der Waals surface area contributed by atoms with Crippen molar-refractivity contribution in [3.63, 3.8) is 0 Å². The maximum Gasteiger partial charge on any atom is 0.225 e. The van der Waals surface area contributed by atoms with Crippen molar-refractivity contribution < 1.29 is 4.79 Å². The molecule has 80 valence electrons. The number of hydrogen-bond acceptors (Lipinski definition) is 2. The molecule has 1 amide bonds. The zero-order valence-corrected chi connectivity index (χ0v) is 9.12. The molecule has 3 heteroatoms. The summed E-state index contributed by atoms with van der Waals surface area (Å²) in [6.07, 6.45) is 3.46. The molecule has 0 bridgehead atoms. The van der Waals surface area contributed by atoms with Crippen LogP contribution in [0.1, 0.15) is 33.1 Å². The highest BCUT2D eigenvalue weighted by molar-refractivity contribution is 5.79. The number of carbonyl (C=O) groups is 1. The van der Waals surface area contributed by atoms with E-state index in [9.17, 15) is 4.79 Å². The average Bonchev–Trinajstić information content (AvgIpc) is 2.93. The molecule has 2 rings (SSSR count). The summed E-state index contributed by atoms with van der Waals surface area (Å²) >= 11 is 0. The van der Waals surface area contributed by atoms with Gasteiger partial charge in [0.1, 0.15) is 0 Å². The van der Waals surface area contributed by atoms with E-state index >= 15 is 0 Å². The Balaban J connectivity index is 1.84. The Bertz CT molecular complexity index is 242. The van der Waals surface area contributed by atoms with Gasteiger partial charge in [-0.3, -0.25) is 4.79 Å². The van der Waals surface area contributed by atoms with Gasteiger partial charge in [-0.25, -0.2) is 0 Å². The van der Waals surface area contributed by atoms with Crippen molar-refractivity contribution in [2.45, 2.75) is 38.6 Å². The highest BCUT2D eigenvalue weighted by Crippen LogP contribution is 2.43. The molecule has 0 aromatic carbocycles. The first-order valence-electron chi connectivity index (χ1n) is 5.64. The van der Waals surface area contributed by atoms with E-state index in [1.807, 2.05) is 11.8 Å². The quantitative estimate of drug-likeness (QED) is 0.731. The zero-order chi connectivity index (χ0) is 10.3. The standard InChI is InChI=1S/C11H20N2O/c1-3-8(2)10(14)13-6-11(12,7-13)9-4-5-9/h8-9H,3-7,12H2,1-2H3. The third-order valence-electron chi connectivity index (χ3n) is 3.71. The number of rotatable bonds is 3. The summed E-state index contributed by atoms with van der Waals surface area (Å²) in [5, 5.41) is 0. The lowest BCUT2D eigenvalue weighted by atomic mass is 9.84. The summed E-state index contributed by atoms with van der Waals surface area (Å²) in [4.78, 5) is 13.7. The minimum Gasteiger partial charge on any atom is -0.339 e. The molecule has 2 aliphatic rings. The third kappa shape index (κ3) is 1.54. The van der Waals surface area contributed by atoms with Crippen LogP contribution in [0.4, 0.5) is 0 Å². The molecule has 1 heterocycles. The van der Waals surface area contributed by atoms with E-state index in [1.165, 1.54) is 12.8 Å². The van der Waals surface area contributed by atoms with Crippen molar-refractivity contribution >= 4 is 5.91 Å². The van der Waals surface area contributed by atoms with E-state index in [0.29, 0.717) is 5.92 Å². The van der Waals surface area contributed by atoms with Gasteiger partial charge >= 0.3 is 0 Å².